The van der Waals surface area contributed by atoms with Crippen LogP contribution in [-0.2, 0) is 12.7 Å². The molecule has 0 saturated carbocycles. The summed E-state index contributed by atoms with van der Waals surface area (Å²) in [5.41, 5.74) is -0.613. The summed E-state index contributed by atoms with van der Waals surface area (Å²) >= 11 is 0. The fourth-order valence-electron chi connectivity index (χ4n) is 2.14. The van der Waals surface area contributed by atoms with Crippen LogP contribution >= 0.6 is 0 Å². The number of aliphatic hydroxyl groups is 1. The Labute approximate surface area is 114 Å². The molecule has 0 fully saturated rings. The van der Waals surface area contributed by atoms with Crippen LogP contribution in [0.5, 0.6) is 0 Å². The summed E-state index contributed by atoms with van der Waals surface area (Å²) in [6.07, 6.45) is -2.13. The number of aromatic nitrogens is 2. The van der Waals surface area contributed by atoms with Gasteiger partial charge in [0.15, 0.2) is 0 Å². The van der Waals surface area contributed by atoms with E-state index in [-0.39, 0.29) is 5.56 Å². The van der Waals surface area contributed by atoms with E-state index < -0.39 is 17.8 Å². The highest BCUT2D eigenvalue weighted by molar-refractivity contribution is 5.35. The highest BCUT2D eigenvalue weighted by Gasteiger charge is 2.35. The van der Waals surface area contributed by atoms with E-state index in [9.17, 15) is 18.3 Å². The van der Waals surface area contributed by atoms with Crippen molar-refractivity contribution in [3.8, 4) is 0 Å². The third-order valence-corrected chi connectivity index (χ3v) is 3.05. The third kappa shape index (κ3) is 2.85. The van der Waals surface area contributed by atoms with Gasteiger partial charge in [-0.15, -0.1) is 0 Å². The molecule has 0 spiro atoms. The minimum atomic E-state index is -4.49. The maximum Gasteiger partial charge on any atom is 0.416 e. The van der Waals surface area contributed by atoms with Gasteiger partial charge in [0.05, 0.1) is 23.8 Å². The van der Waals surface area contributed by atoms with Crippen LogP contribution in [0.15, 0.2) is 36.8 Å². The Hall–Kier alpha value is -1.82. The molecule has 0 aliphatic heterocycles. The second-order valence-electron chi connectivity index (χ2n) is 4.50. The Balaban J connectivity index is 2.43. The molecule has 1 aromatic heterocycles. The highest BCUT2D eigenvalue weighted by atomic mass is 19.4. The largest absolute Gasteiger partial charge is 0.416 e. The number of imidazole rings is 1. The van der Waals surface area contributed by atoms with Crippen molar-refractivity contribution in [3.63, 3.8) is 0 Å². The average molecular weight is 284 g/mol. The minimum Gasteiger partial charge on any atom is -0.382 e. The van der Waals surface area contributed by atoms with E-state index in [0.717, 1.165) is 12.5 Å². The number of alkyl halides is 3. The summed E-state index contributed by atoms with van der Waals surface area (Å²) < 4.78 is 40.6. The number of hydrogen-bond donors (Lipinski definition) is 1. The van der Waals surface area contributed by atoms with Crippen molar-refractivity contribution in [1.82, 2.24) is 9.55 Å². The zero-order valence-corrected chi connectivity index (χ0v) is 10.9. The SMILES string of the molecule is CCCn1cncc1C(O)c1ccccc1C(F)(F)F. The molecule has 1 atom stereocenters. The lowest BCUT2D eigenvalue weighted by Gasteiger charge is -2.18. The maximum atomic E-state index is 13.0. The van der Waals surface area contributed by atoms with E-state index >= 15 is 0 Å². The van der Waals surface area contributed by atoms with Crippen molar-refractivity contribution < 1.29 is 18.3 Å². The quantitative estimate of drug-likeness (QED) is 0.934. The highest BCUT2D eigenvalue weighted by Crippen LogP contribution is 2.36. The number of hydrogen-bond acceptors (Lipinski definition) is 2. The van der Waals surface area contributed by atoms with Crippen LogP contribution in [0.3, 0.4) is 0 Å². The monoisotopic (exact) mass is 284 g/mol. The Morgan fingerprint density at radius 1 is 1.30 bits per heavy atom. The summed E-state index contributed by atoms with van der Waals surface area (Å²) in [4.78, 5) is 3.90. The number of rotatable bonds is 4. The van der Waals surface area contributed by atoms with Gasteiger partial charge >= 0.3 is 6.18 Å². The average Bonchev–Trinajstić information content (AvgIpc) is 2.85. The van der Waals surface area contributed by atoms with Gasteiger partial charge in [0.25, 0.3) is 0 Å². The zero-order valence-electron chi connectivity index (χ0n) is 10.9. The van der Waals surface area contributed by atoms with Crippen LogP contribution in [0, 0.1) is 0 Å². The number of benzene rings is 1. The van der Waals surface area contributed by atoms with Gasteiger partial charge < -0.3 is 9.67 Å². The van der Waals surface area contributed by atoms with Crippen LogP contribution in [0.2, 0.25) is 0 Å². The van der Waals surface area contributed by atoms with Gasteiger partial charge in [-0.1, -0.05) is 25.1 Å². The first kappa shape index (κ1) is 14.6. The lowest BCUT2D eigenvalue weighted by atomic mass is 10.00. The van der Waals surface area contributed by atoms with Crippen molar-refractivity contribution in [1.29, 1.82) is 0 Å². The van der Waals surface area contributed by atoms with Crippen molar-refractivity contribution in [2.45, 2.75) is 32.2 Å². The number of aryl methyl sites for hydroxylation is 1. The first-order valence-electron chi connectivity index (χ1n) is 6.29. The summed E-state index contributed by atoms with van der Waals surface area (Å²) in [7, 11) is 0. The molecule has 1 heterocycles. The van der Waals surface area contributed by atoms with Gasteiger partial charge in [-0.2, -0.15) is 13.2 Å². The Morgan fingerprint density at radius 3 is 2.65 bits per heavy atom. The normalized spacial score (nSPS) is 13.4. The molecule has 0 bridgehead atoms. The van der Waals surface area contributed by atoms with E-state index in [1.807, 2.05) is 6.92 Å². The second-order valence-corrected chi connectivity index (χ2v) is 4.50. The van der Waals surface area contributed by atoms with Gasteiger partial charge in [0.2, 0.25) is 0 Å². The Morgan fingerprint density at radius 2 is 2.00 bits per heavy atom. The van der Waals surface area contributed by atoms with Crippen molar-refractivity contribution >= 4 is 0 Å². The molecule has 0 amide bonds. The third-order valence-electron chi connectivity index (χ3n) is 3.05. The number of nitrogens with zero attached hydrogens (tertiary/aromatic N) is 2. The van der Waals surface area contributed by atoms with Gasteiger partial charge in [-0.25, -0.2) is 4.98 Å². The van der Waals surface area contributed by atoms with Crippen molar-refractivity contribution in [3.05, 3.63) is 53.6 Å². The number of aliphatic hydroxyl groups excluding tert-OH is 1. The summed E-state index contributed by atoms with van der Waals surface area (Å²) in [6.45, 7) is 2.54. The Kier molecular flexibility index (Phi) is 4.13. The molecule has 108 valence electrons. The molecule has 0 aliphatic rings. The van der Waals surface area contributed by atoms with E-state index in [2.05, 4.69) is 4.98 Å². The smallest absolute Gasteiger partial charge is 0.382 e. The molecule has 1 N–H and O–H groups in total. The van der Waals surface area contributed by atoms with Gasteiger partial charge in [0, 0.05) is 6.54 Å². The molecule has 0 radical (unpaired) electrons. The summed E-state index contributed by atoms with van der Waals surface area (Å²) in [5, 5.41) is 10.3. The van der Waals surface area contributed by atoms with Crippen molar-refractivity contribution in [2.75, 3.05) is 0 Å². The molecule has 0 aliphatic carbocycles. The van der Waals surface area contributed by atoms with Gasteiger partial charge in [0.1, 0.15) is 6.10 Å². The molecule has 3 nitrogen and oxygen atoms in total. The van der Waals surface area contributed by atoms with Crippen LogP contribution in [0.4, 0.5) is 13.2 Å². The lowest BCUT2D eigenvalue weighted by molar-refractivity contribution is -0.139. The molecular formula is C14H15F3N2O. The van der Waals surface area contributed by atoms with Crippen LogP contribution in [-0.4, -0.2) is 14.7 Å². The molecule has 2 rings (SSSR count). The first-order valence-corrected chi connectivity index (χ1v) is 6.29. The molecule has 2 aromatic rings. The predicted octanol–water partition coefficient (Wildman–Crippen LogP) is 3.39. The van der Waals surface area contributed by atoms with Crippen LogP contribution in [0.25, 0.3) is 0 Å². The van der Waals surface area contributed by atoms with E-state index in [1.54, 1.807) is 4.57 Å². The molecule has 0 saturated heterocycles. The maximum absolute atomic E-state index is 13.0. The van der Waals surface area contributed by atoms with Gasteiger partial charge in [-0.05, 0) is 18.1 Å². The zero-order chi connectivity index (χ0) is 14.8. The van der Waals surface area contributed by atoms with E-state index in [0.29, 0.717) is 12.2 Å². The van der Waals surface area contributed by atoms with E-state index in [4.69, 9.17) is 0 Å². The summed E-state index contributed by atoms with van der Waals surface area (Å²) in [5.74, 6) is 0. The van der Waals surface area contributed by atoms with Crippen molar-refractivity contribution in [2.24, 2.45) is 0 Å². The first-order chi connectivity index (χ1) is 9.45. The molecule has 6 heteroatoms. The molecular weight excluding hydrogens is 269 g/mol. The number of halogens is 3. The van der Waals surface area contributed by atoms with Crippen LogP contribution < -0.4 is 0 Å². The standard InChI is InChI=1S/C14H15F3N2O/c1-2-7-19-9-18-8-12(19)13(20)10-5-3-4-6-11(10)14(15,16)17/h3-6,8-9,13,20H,2,7H2,1H3. The fraction of sp³-hybridized carbons (Fsp3) is 0.357. The van der Waals surface area contributed by atoms with Gasteiger partial charge in [-0.3, -0.25) is 0 Å². The second kappa shape index (κ2) is 5.66. The molecule has 1 aromatic carbocycles. The summed E-state index contributed by atoms with van der Waals surface area (Å²) in [6, 6.07) is 5.05. The van der Waals surface area contributed by atoms with E-state index in [1.165, 1.54) is 30.7 Å². The van der Waals surface area contributed by atoms with Crippen LogP contribution in [0.1, 0.15) is 36.3 Å². The fourth-order valence-corrected chi connectivity index (χ4v) is 2.14. The lowest BCUT2D eigenvalue weighted by Crippen LogP contribution is -2.15. The minimum absolute atomic E-state index is 0.155. The molecule has 1 unspecified atom stereocenters. The predicted molar refractivity (Wildman–Crippen MR) is 68.0 cm³/mol. The Bertz CT molecular complexity index is 578. The topological polar surface area (TPSA) is 38.0 Å². The molecule has 20 heavy (non-hydrogen) atoms.